The highest BCUT2D eigenvalue weighted by molar-refractivity contribution is 7.89. The number of piperidine rings is 1. The SMILES string of the molecule is O=C1C[C@H]2C=C[C@]3(CCCO[C@@H]13)N2S(=O)(=O)c1ccc([N+](=O)[O-])cc1. The second kappa shape index (κ2) is 5.45. The number of ether oxygens (including phenoxy) is 1. The number of nitrogens with zero attached hydrogens (tertiary/aromatic N) is 2. The average Bonchev–Trinajstić information content (AvgIpc) is 2.87. The van der Waals surface area contributed by atoms with Crippen molar-refractivity contribution in [2.45, 2.75) is 41.8 Å². The zero-order valence-electron chi connectivity index (χ0n) is 13.2. The minimum atomic E-state index is -3.93. The molecule has 2 saturated heterocycles. The van der Waals surface area contributed by atoms with Crippen LogP contribution in [0.5, 0.6) is 0 Å². The van der Waals surface area contributed by atoms with Crippen LogP contribution in [0.1, 0.15) is 19.3 Å². The van der Waals surface area contributed by atoms with E-state index in [0.717, 1.165) is 0 Å². The van der Waals surface area contributed by atoms with Gasteiger partial charge in [-0.25, -0.2) is 8.42 Å². The van der Waals surface area contributed by atoms with Gasteiger partial charge in [0, 0.05) is 25.2 Å². The van der Waals surface area contributed by atoms with Crippen LogP contribution in [0.3, 0.4) is 0 Å². The molecule has 1 aromatic carbocycles. The number of benzene rings is 1. The van der Waals surface area contributed by atoms with E-state index in [0.29, 0.717) is 19.4 Å². The molecule has 2 bridgehead atoms. The van der Waals surface area contributed by atoms with E-state index in [1.807, 2.05) is 0 Å². The van der Waals surface area contributed by atoms with Crippen LogP contribution in [0.25, 0.3) is 0 Å². The molecule has 8 nitrogen and oxygen atoms in total. The first-order valence-electron chi connectivity index (χ1n) is 7.99. The standard InChI is InChI=1S/C16H16N2O6S/c19-14-10-12-6-8-16(7-1-9-24-15(14)16)17(12)25(22,23)13-4-2-11(3-5-13)18(20)21/h2-6,8,12,15H,1,7,9-10H2/t12-,15+,16+/m1/s1. The van der Waals surface area contributed by atoms with Crippen molar-refractivity contribution in [2.75, 3.05) is 6.61 Å². The van der Waals surface area contributed by atoms with E-state index in [-0.39, 0.29) is 22.8 Å². The molecule has 1 aromatic rings. The molecule has 0 N–H and O–H groups in total. The van der Waals surface area contributed by atoms with E-state index >= 15 is 0 Å². The number of fused-ring (bicyclic) bond motifs is 1. The van der Waals surface area contributed by atoms with Crippen LogP contribution in [0.15, 0.2) is 41.3 Å². The quantitative estimate of drug-likeness (QED) is 0.456. The summed E-state index contributed by atoms with van der Waals surface area (Å²) in [6, 6.07) is 4.27. The molecule has 25 heavy (non-hydrogen) atoms. The van der Waals surface area contributed by atoms with E-state index in [2.05, 4.69) is 0 Å². The summed E-state index contributed by atoms with van der Waals surface area (Å²) in [6.45, 7) is 0.433. The van der Waals surface area contributed by atoms with Gasteiger partial charge in [-0.15, -0.1) is 0 Å². The Bertz CT molecular complexity index is 878. The highest BCUT2D eigenvalue weighted by atomic mass is 32.2. The molecule has 0 unspecified atom stereocenters. The van der Waals surface area contributed by atoms with Crippen molar-refractivity contribution in [1.29, 1.82) is 0 Å². The molecule has 0 saturated carbocycles. The molecule has 0 radical (unpaired) electrons. The van der Waals surface area contributed by atoms with Crippen molar-refractivity contribution in [3.63, 3.8) is 0 Å². The van der Waals surface area contributed by atoms with Gasteiger partial charge in [-0.2, -0.15) is 4.31 Å². The van der Waals surface area contributed by atoms with Crippen molar-refractivity contribution in [1.82, 2.24) is 4.31 Å². The van der Waals surface area contributed by atoms with Gasteiger partial charge in [-0.3, -0.25) is 14.9 Å². The fourth-order valence-corrected chi connectivity index (χ4v) is 5.96. The second-order valence-electron chi connectivity index (χ2n) is 6.49. The first-order valence-corrected chi connectivity index (χ1v) is 9.43. The summed E-state index contributed by atoms with van der Waals surface area (Å²) in [5, 5.41) is 10.8. The maximum atomic E-state index is 13.2. The third-order valence-corrected chi connectivity index (χ3v) is 7.08. The number of ketones is 1. The summed E-state index contributed by atoms with van der Waals surface area (Å²) in [6.07, 6.45) is 4.01. The van der Waals surface area contributed by atoms with E-state index in [9.17, 15) is 23.3 Å². The molecule has 132 valence electrons. The lowest BCUT2D eigenvalue weighted by atomic mass is 9.81. The third-order valence-electron chi connectivity index (χ3n) is 5.09. The second-order valence-corrected chi connectivity index (χ2v) is 8.31. The Hall–Kier alpha value is -2.10. The number of hydrogen-bond donors (Lipinski definition) is 0. The van der Waals surface area contributed by atoms with Crippen LogP contribution in [-0.2, 0) is 19.6 Å². The predicted molar refractivity (Wildman–Crippen MR) is 86.4 cm³/mol. The number of carbonyl (C=O) groups excluding carboxylic acids is 1. The Morgan fingerprint density at radius 3 is 2.68 bits per heavy atom. The van der Waals surface area contributed by atoms with Crippen molar-refractivity contribution in [3.8, 4) is 0 Å². The summed E-state index contributed by atoms with van der Waals surface area (Å²) >= 11 is 0. The summed E-state index contributed by atoms with van der Waals surface area (Å²) in [5.74, 6) is -0.0788. The Morgan fingerprint density at radius 1 is 1.28 bits per heavy atom. The molecule has 0 aliphatic carbocycles. The first-order chi connectivity index (χ1) is 11.9. The molecule has 3 atom stereocenters. The Labute approximate surface area is 144 Å². The Kier molecular flexibility index (Phi) is 3.57. The minimum Gasteiger partial charge on any atom is -0.368 e. The normalized spacial score (nSPS) is 31.8. The summed E-state index contributed by atoms with van der Waals surface area (Å²) in [7, 11) is -3.93. The van der Waals surface area contributed by atoms with Gasteiger partial charge in [-0.05, 0) is 25.0 Å². The Balaban J connectivity index is 1.77. The first kappa shape index (κ1) is 16.4. The number of non-ortho nitro benzene ring substituents is 1. The number of rotatable bonds is 3. The maximum Gasteiger partial charge on any atom is 0.269 e. The van der Waals surface area contributed by atoms with Gasteiger partial charge in [0.1, 0.15) is 6.10 Å². The van der Waals surface area contributed by atoms with Crippen molar-refractivity contribution >= 4 is 21.5 Å². The van der Waals surface area contributed by atoms with Crippen LogP contribution >= 0.6 is 0 Å². The highest BCUT2D eigenvalue weighted by Crippen LogP contribution is 2.47. The molecule has 0 amide bonds. The molecule has 0 aromatic heterocycles. The van der Waals surface area contributed by atoms with Gasteiger partial charge in [-0.1, -0.05) is 12.2 Å². The van der Waals surface area contributed by atoms with Gasteiger partial charge < -0.3 is 4.74 Å². The summed E-state index contributed by atoms with van der Waals surface area (Å²) < 4.78 is 33.5. The van der Waals surface area contributed by atoms with Crippen molar-refractivity contribution in [3.05, 3.63) is 46.5 Å². The van der Waals surface area contributed by atoms with Crippen LogP contribution in [-0.4, -0.2) is 47.7 Å². The molecule has 3 aliphatic heterocycles. The number of nitro groups is 1. The number of sulfonamides is 1. The van der Waals surface area contributed by atoms with E-state index < -0.39 is 32.6 Å². The van der Waals surface area contributed by atoms with Crippen LogP contribution in [0, 0.1) is 10.1 Å². The van der Waals surface area contributed by atoms with Crippen LogP contribution < -0.4 is 0 Å². The zero-order valence-corrected chi connectivity index (χ0v) is 14.0. The Morgan fingerprint density at radius 2 is 2.00 bits per heavy atom. The number of carbonyl (C=O) groups is 1. The van der Waals surface area contributed by atoms with Crippen LogP contribution in [0.2, 0.25) is 0 Å². The zero-order chi connectivity index (χ0) is 17.8. The van der Waals surface area contributed by atoms with Gasteiger partial charge in [0.25, 0.3) is 5.69 Å². The molecule has 1 spiro atoms. The molecule has 2 fully saturated rings. The average molecular weight is 364 g/mol. The number of nitro benzene ring substituents is 1. The highest BCUT2D eigenvalue weighted by Gasteiger charge is 2.60. The third kappa shape index (κ3) is 2.26. The van der Waals surface area contributed by atoms with Crippen molar-refractivity contribution < 1.29 is 22.9 Å². The fourth-order valence-electron chi connectivity index (χ4n) is 4.06. The van der Waals surface area contributed by atoms with Gasteiger partial charge in [0.2, 0.25) is 10.0 Å². The van der Waals surface area contributed by atoms with Gasteiger partial charge in [0.15, 0.2) is 5.78 Å². The number of hydrogen-bond acceptors (Lipinski definition) is 6. The lowest BCUT2D eigenvalue weighted by molar-refractivity contribution is -0.384. The van der Waals surface area contributed by atoms with E-state index in [1.54, 1.807) is 12.2 Å². The predicted octanol–water partition coefficient (Wildman–Crippen LogP) is 1.41. The molecular weight excluding hydrogens is 348 g/mol. The maximum absolute atomic E-state index is 13.2. The summed E-state index contributed by atoms with van der Waals surface area (Å²) in [5.41, 5.74) is -1.16. The molecular formula is C16H16N2O6S. The van der Waals surface area contributed by atoms with Crippen molar-refractivity contribution in [2.24, 2.45) is 0 Å². The molecule has 3 heterocycles. The molecule has 3 aliphatic rings. The van der Waals surface area contributed by atoms with E-state index in [1.165, 1.54) is 28.6 Å². The van der Waals surface area contributed by atoms with Crippen LogP contribution in [0.4, 0.5) is 5.69 Å². The minimum absolute atomic E-state index is 0.0233. The largest absolute Gasteiger partial charge is 0.368 e. The lowest BCUT2D eigenvalue weighted by Crippen LogP contribution is -2.66. The smallest absolute Gasteiger partial charge is 0.269 e. The topological polar surface area (TPSA) is 107 Å². The van der Waals surface area contributed by atoms with E-state index in [4.69, 9.17) is 4.74 Å². The van der Waals surface area contributed by atoms with Gasteiger partial charge >= 0.3 is 0 Å². The lowest BCUT2D eigenvalue weighted by Gasteiger charge is -2.49. The van der Waals surface area contributed by atoms with Gasteiger partial charge in [0.05, 0.1) is 21.4 Å². The fraction of sp³-hybridized carbons (Fsp3) is 0.438. The molecule has 4 rings (SSSR count). The summed E-state index contributed by atoms with van der Waals surface area (Å²) in [4.78, 5) is 22.5. The number of Topliss-reactive ketones (excluding diaryl/α,β-unsaturated/α-hetero) is 1. The monoisotopic (exact) mass is 364 g/mol. The molecule has 9 heteroatoms.